The molecule has 1 fully saturated rings. The van der Waals surface area contributed by atoms with Crippen molar-refractivity contribution in [2.75, 3.05) is 13.6 Å². The quantitative estimate of drug-likeness (QED) is 0.733. The van der Waals surface area contributed by atoms with Gasteiger partial charge in [0.1, 0.15) is 0 Å². The Labute approximate surface area is 112 Å². The van der Waals surface area contributed by atoms with Crippen molar-refractivity contribution >= 4 is 5.91 Å². The van der Waals surface area contributed by atoms with E-state index in [1.807, 2.05) is 14.0 Å². The van der Waals surface area contributed by atoms with Crippen LogP contribution in [0, 0.1) is 11.8 Å². The molecule has 0 saturated heterocycles. The molecule has 3 nitrogen and oxygen atoms in total. The van der Waals surface area contributed by atoms with E-state index in [1.54, 1.807) is 0 Å². The standard InChI is InChI=1S/C15H30N2O/c1-4-5-6-13-7-9-14(10-8-13)17-15(18)12(2)11-16-3/h12-14,16H,4-11H2,1-3H3,(H,17,18). The molecule has 2 N–H and O–H groups in total. The molecule has 0 spiro atoms. The van der Waals surface area contributed by atoms with Crippen LogP contribution >= 0.6 is 0 Å². The van der Waals surface area contributed by atoms with E-state index in [2.05, 4.69) is 17.6 Å². The first-order valence-corrected chi connectivity index (χ1v) is 7.62. The minimum atomic E-state index is 0.0767. The Morgan fingerprint density at radius 2 is 1.94 bits per heavy atom. The molecule has 1 saturated carbocycles. The van der Waals surface area contributed by atoms with Crippen molar-refractivity contribution in [3.05, 3.63) is 0 Å². The fourth-order valence-electron chi connectivity index (χ4n) is 2.83. The van der Waals surface area contributed by atoms with Gasteiger partial charge in [0.2, 0.25) is 5.91 Å². The fourth-order valence-corrected chi connectivity index (χ4v) is 2.83. The molecular formula is C15H30N2O. The lowest BCUT2D eigenvalue weighted by molar-refractivity contribution is -0.125. The molecule has 0 aromatic carbocycles. The molecule has 1 amide bonds. The Morgan fingerprint density at radius 3 is 2.50 bits per heavy atom. The third kappa shape index (κ3) is 5.38. The molecule has 1 rings (SSSR count). The van der Waals surface area contributed by atoms with Crippen LogP contribution in [0.4, 0.5) is 0 Å². The molecule has 0 bridgehead atoms. The summed E-state index contributed by atoms with van der Waals surface area (Å²) in [6, 6.07) is 0.426. The van der Waals surface area contributed by atoms with E-state index in [9.17, 15) is 4.79 Å². The zero-order valence-corrected chi connectivity index (χ0v) is 12.3. The number of nitrogens with one attached hydrogen (secondary N) is 2. The first kappa shape index (κ1) is 15.5. The van der Waals surface area contributed by atoms with Crippen LogP contribution in [-0.2, 0) is 4.79 Å². The summed E-state index contributed by atoms with van der Waals surface area (Å²) in [5.41, 5.74) is 0. The number of hydrogen-bond donors (Lipinski definition) is 2. The second kappa shape index (κ2) is 8.52. The lowest BCUT2D eigenvalue weighted by Crippen LogP contribution is -2.42. The zero-order valence-electron chi connectivity index (χ0n) is 12.3. The van der Waals surface area contributed by atoms with Crippen molar-refractivity contribution < 1.29 is 4.79 Å². The Morgan fingerprint density at radius 1 is 1.28 bits per heavy atom. The maximum Gasteiger partial charge on any atom is 0.224 e. The number of amides is 1. The van der Waals surface area contributed by atoms with Crippen molar-refractivity contribution in [3.8, 4) is 0 Å². The lowest BCUT2D eigenvalue weighted by atomic mass is 9.83. The third-order valence-corrected chi connectivity index (χ3v) is 4.12. The Balaban J connectivity index is 2.20. The predicted molar refractivity (Wildman–Crippen MR) is 76.5 cm³/mol. The Hall–Kier alpha value is -0.570. The maximum absolute atomic E-state index is 11.9. The van der Waals surface area contributed by atoms with Gasteiger partial charge in [-0.15, -0.1) is 0 Å². The van der Waals surface area contributed by atoms with Gasteiger partial charge in [0, 0.05) is 18.5 Å². The molecule has 1 unspecified atom stereocenters. The summed E-state index contributed by atoms with van der Waals surface area (Å²) in [7, 11) is 1.89. The monoisotopic (exact) mass is 254 g/mol. The lowest BCUT2D eigenvalue weighted by Gasteiger charge is -2.29. The molecule has 3 heteroatoms. The van der Waals surface area contributed by atoms with Gasteiger partial charge in [-0.1, -0.05) is 33.1 Å². The van der Waals surface area contributed by atoms with Gasteiger partial charge >= 0.3 is 0 Å². The molecule has 0 aliphatic heterocycles. The summed E-state index contributed by atoms with van der Waals surface area (Å²) in [5, 5.41) is 6.26. The van der Waals surface area contributed by atoms with Crippen LogP contribution in [0.1, 0.15) is 58.8 Å². The summed E-state index contributed by atoms with van der Waals surface area (Å²) in [5.74, 6) is 1.20. The van der Waals surface area contributed by atoms with E-state index in [0.29, 0.717) is 6.04 Å². The van der Waals surface area contributed by atoms with Gasteiger partial charge < -0.3 is 10.6 Å². The second-order valence-corrected chi connectivity index (χ2v) is 5.83. The zero-order chi connectivity index (χ0) is 13.4. The molecule has 1 aliphatic rings. The van der Waals surface area contributed by atoms with Gasteiger partial charge in [0.05, 0.1) is 0 Å². The van der Waals surface area contributed by atoms with Gasteiger partial charge in [-0.2, -0.15) is 0 Å². The van der Waals surface area contributed by atoms with Crippen molar-refractivity contribution in [1.82, 2.24) is 10.6 Å². The number of carbonyl (C=O) groups excluding carboxylic acids is 1. The Kier molecular flexibility index (Phi) is 7.33. The summed E-state index contributed by atoms with van der Waals surface area (Å²) < 4.78 is 0. The highest BCUT2D eigenvalue weighted by Crippen LogP contribution is 2.28. The normalized spacial score (nSPS) is 25.7. The number of hydrogen-bond acceptors (Lipinski definition) is 2. The van der Waals surface area contributed by atoms with Gasteiger partial charge in [-0.25, -0.2) is 0 Å². The van der Waals surface area contributed by atoms with Crippen LogP contribution < -0.4 is 10.6 Å². The molecular weight excluding hydrogens is 224 g/mol. The number of carbonyl (C=O) groups is 1. The number of rotatable bonds is 7. The summed E-state index contributed by atoms with van der Waals surface area (Å²) in [6.07, 6.45) is 8.99. The van der Waals surface area contributed by atoms with Gasteiger partial charge in [-0.3, -0.25) is 4.79 Å². The van der Waals surface area contributed by atoms with E-state index in [4.69, 9.17) is 0 Å². The maximum atomic E-state index is 11.9. The van der Waals surface area contributed by atoms with E-state index in [1.165, 1.54) is 44.9 Å². The van der Waals surface area contributed by atoms with Crippen molar-refractivity contribution in [1.29, 1.82) is 0 Å². The van der Waals surface area contributed by atoms with Crippen LogP contribution in [0.25, 0.3) is 0 Å². The fraction of sp³-hybridized carbons (Fsp3) is 0.933. The largest absolute Gasteiger partial charge is 0.353 e. The van der Waals surface area contributed by atoms with Crippen molar-refractivity contribution in [2.45, 2.75) is 64.8 Å². The average molecular weight is 254 g/mol. The van der Waals surface area contributed by atoms with Crippen molar-refractivity contribution in [3.63, 3.8) is 0 Å². The summed E-state index contributed by atoms with van der Waals surface area (Å²) in [6.45, 7) is 5.01. The third-order valence-electron chi connectivity index (χ3n) is 4.12. The van der Waals surface area contributed by atoms with Gasteiger partial charge in [0.25, 0.3) is 0 Å². The van der Waals surface area contributed by atoms with E-state index < -0.39 is 0 Å². The van der Waals surface area contributed by atoms with Crippen molar-refractivity contribution in [2.24, 2.45) is 11.8 Å². The number of unbranched alkanes of at least 4 members (excludes halogenated alkanes) is 1. The molecule has 1 aliphatic carbocycles. The predicted octanol–water partition coefficient (Wildman–Crippen LogP) is 2.71. The molecule has 0 aromatic rings. The molecule has 0 radical (unpaired) electrons. The molecule has 1 atom stereocenters. The first-order chi connectivity index (χ1) is 8.67. The topological polar surface area (TPSA) is 41.1 Å². The average Bonchev–Trinajstić information content (AvgIpc) is 2.38. The minimum Gasteiger partial charge on any atom is -0.353 e. The van der Waals surface area contributed by atoms with E-state index in [0.717, 1.165) is 12.5 Å². The molecule has 0 heterocycles. The highest BCUT2D eigenvalue weighted by atomic mass is 16.1. The smallest absolute Gasteiger partial charge is 0.224 e. The highest BCUT2D eigenvalue weighted by molar-refractivity contribution is 5.78. The van der Waals surface area contributed by atoms with Crippen LogP contribution in [0.5, 0.6) is 0 Å². The van der Waals surface area contributed by atoms with Crippen LogP contribution in [0.3, 0.4) is 0 Å². The van der Waals surface area contributed by atoms with Crippen LogP contribution in [-0.4, -0.2) is 25.5 Å². The van der Waals surface area contributed by atoms with Gasteiger partial charge in [0.15, 0.2) is 0 Å². The van der Waals surface area contributed by atoms with E-state index in [-0.39, 0.29) is 11.8 Å². The minimum absolute atomic E-state index is 0.0767. The molecule has 106 valence electrons. The first-order valence-electron chi connectivity index (χ1n) is 7.62. The second-order valence-electron chi connectivity index (χ2n) is 5.83. The highest BCUT2D eigenvalue weighted by Gasteiger charge is 2.23. The molecule has 18 heavy (non-hydrogen) atoms. The van der Waals surface area contributed by atoms with Crippen LogP contribution in [0.15, 0.2) is 0 Å². The SMILES string of the molecule is CCCCC1CCC(NC(=O)C(C)CNC)CC1. The summed E-state index contributed by atoms with van der Waals surface area (Å²) in [4.78, 5) is 11.9. The van der Waals surface area contributed by atoms with Gasteiger partial charge in [-0.05, 0) is 38.6 Å². The molecule has 0 aromatic heterocycles. The Bertz CT molecular complexity index is 235. The van der Waals surface area contributed by atoms with Crippen LogP contribution in [0.2, 0.25) is 0 Å². The summed E-state index contributed by atoms with van der Waals surface area (Å²) >= 11 is 0. The van der Waals surface area contributed by atoms with E-state index >= 15 is 0 Å².